The van der Waals surface area contributed by atoms with Crippen molar-refractivity contribution in [3.63, 3.8) is 0 Å². The van der Waals surface area contributed by atoms with Gasteiger partial charge in [0.15, 0.2) is 0 Å². The second kappa shape index (κ2) is 9.26. The van der Waals surface area contributed by atoms with Crippen molar-refractivity contribution < 1.29 is 12.8 Å². The van der Waals surface area contributed by atoms with Crippen molar-refractivity contribution in [2.75, 3.05) is 30.9 Å². The number of aryl methyl sites for hydroxylation is 2. The van der Waals surface area contributed by atoms with Crippen LogP contribution in [0.5, 0.6) is 0 Å². The van der Waals surface area contributed by atoms with Crippen LogP contribution in [0, 0.1) is 13.8 Å². The summed E-state index contributed by atoms with van der Waals surface area (Å²) in [4.78, 5) is 5.15. The van der Waals surface area contributed by atoms with E-state index in [1.807, 2.05) is 62.4 Å². The quantitative estimate of drug-likeness (QED) is 0.602. The van der Waals surface area contributed by atoms with E-state index >= 15 is 0 Å². The Hall–Kier alpha value is -2.61. The number of rotatable bonds is 7. The van der Waals surface area contributed by atoms with Crippen LogP contribution in [-0.4, -0.2) is 44.4 Å². The summed E-state index contributed by atoms with van der Waals surface area (Å²) in [6.07, 6.45) is 1.72. The fourth-order valence-electron chi connectivity index (χ4n) is 3.87. The number of hydrogen-bond acceptors (Lipinski definition) is 5. The van der Waals surface area contributed by atoms with E-state index in [1.165, 1.54) is 5.56 Å². The molecule has 0 spiro atoms. The van der Waals surface area contributed by atoms with Crippen LogP contribution in [0.15, 0.2) is 70.2 Å². The zero-order valence-electron chi connectivity index (χ0n) is 18.0. The number of nitrogens with zero attached hydrogens (tertiary/aromatic N) is 2. The number of anilines is 1. The smallest absolute Gasteiger partial charge is 0.262 e. The van der Waals surface area contributed by atoms with Gasteiger partial charge >= 0.3 is 0 Å². The third-order valence-corrected chi connectivity index (χ3v) is 7.19. The van der Waals surface area contributed by atoms with E-state index in [0.29, 0.717) is 10.6 Å². The lowest BCUT2D eigenvalue weighted by atomic mass is 10.2. The van der Waals surface area contributed by atoms with E-state index in [4.69, 9.17) is 4.42 Å². The standard InChI is InChI=1S/C24H29N3O3S/c1-19-5-6-20(2)24(16-19)31(28,29)25-22-9-7-21(8-10-22)17-26-11-13-27(14-12-26)18-23-4-3-15-30-23/h3-10,15-16,25H,11-14,17-18H2,1-2H3. The third-order valence-electron chi connectivity index (χ3n) is 5.67. The molecule has 2 heterocycles. The highest BCUT2D eigenvalue weighted by atomic mass is 32.2. The normalized spacial score (nSPS) is 15.8. The molecule has 0 radical (unpaired) electrons. The molecule has 1 fully saturated rings. The Balaban J connectivity index is 1.32. The maximum Gasteiger partial charge on any atom is 0.262 e. The first-order valence-electron chi connectivity index (χ1n) is 10.6. The van der Waals surface area contributed by atoms with Crippen LogP contribution in [0.25, 0.3) is 0 Å². The van der Waals surface area contributed by atoms with Crippen molar-refractivity contribution in [3.05, 3.63) is 83.3 Å². The second-order valence-electron chi connectivity index (χ2n) is 8.20. The monoisotopic (exact) mass is 439 g/mol. The lowest BCUT2D eigenvalue weighted by Gasteiger charge is -2.34. The molecule has 164 valence electrons. The van der Waals surface area contributed by atoms with E-state index in [2.05, 4.69) is 14.5 Å². The zero-order valence-corrected chi connectivity index (χ0v) is 18.9. The molecule has 1 aromatic heterocycles. The summed E-state index contributed by atoms with van der Waals surface area (Å²) in [5.74, 6) is 1.01. The summed E-state index contributed by atoms with van der Waals surface area (Å²) in [6, 6.07) is 17.1. The van der Waals surface area contributed by atoms with Crippen LogP contribution in [-0.2, 0) is 23.1 Å². The maximum atomic E-state index is 12.8. The van der Waals surface area contributed by atoms with E-state index in [1.54, 1.807) is 12.3 Å². The number of piperazine rings is 1. The Labute approximate surface area is 184 Å². The van der Waals surface area contributed by atoms with E-state index in [9.17, 15) is 8.42 Å². The van der Waals surface area contributed by atoms with Crippen molar-refractivity contribution in [1.82, 2.24) is 9.80 Å². The van der Waals surface area contributed by atoms with Gasteiger partial charge in [0.2, 0.25) is 0 Å². The highest BCUT2D eigenvalue weighted by molar-refractivity contribution is 7.92. The minimum absolute atomic E-state index is 0.323. The molecule has 7 heteroatoms. The van der Waals surface area contributed by atoms with Gasteiger partial charge in [0, 0.05) is 38.4 Å². The van der Waals surface area contributed by atoms with Crippen LogP contribution in [0.4, 0.5) is 5.69 Å². The summed E-state index contributed by atoms with van der Waals surface area (Å²) in [5, 5.41) is 0. The van der Waals surface area contributed by atoms with E-state index in [0.717, 1.165) is 56.2 Å². The summed E-state index contributed by atoms with van der Waals surface area (Å²) in [5.41, 5.74) is 3.41. The molecule has 0 amide bonds. The van der Waals surface area contributed by atoms with Crippen molar-refractivity contribution >= 4 is 15.7 Å². The van der Waals surface area contributed by atoms with Crippen molar-refractivity contribution in [3.8, 4) is 0 Å². The zero-order chi connectivity index (χ0) is 21.8. The first-order valence-corrected chi connectivity index (χ1v) is 12.0. The maximum absolute atomic E-state index is 12.8. The number of sulfonamides is 1. The van der Waals surface area contributed by atoms with Gasteiger partial charge in [0.1, 0.15) is 5.76 Å². The lowest BCUT2D eigenvalue weighted by Crippen LogP contribution is -2.45. The fraction of sp³-hybridized carbons (Fsp3) is 0.333. The highest BCUT2D eigenvalue weighted by Crippen LogP contribution is 2.21. The Kier molecular flexibility index (Phi) is 6.46. The van der Waals surface area contributed by atoms with E-state index in [-0.39, 0.29) is 0 Å². The van der Waals surface area contributed by atoms with Gasteiger partial charge in [0.25, 0.3) is 10.0 Å². The van der Waals surface area contributed by atoms with Gasteiger partial charge in [-0.05, 0) is 60.9 Å². The van der Waals surface area contributed by atoms with Crippen molar-refractivity contribution in [1.29, 1.82) is 0 Å². The first-order chi connectivity index (χ1) is 14.9. The number of benzene rings is 2. The molecule has 1 saturated heterocycles. The number of furan rings is 1. The van der Waals surface area contributed by atoms with Gasteiger partial charge in [-0.3, -0.25) is 14.5 Å². The molecular formula is C24H29N3O3S. The summed E-state index contributed by atoms with van der Waals surface area (Å²) >= 11 is 0. The van der Waals surface area contributed by atoms with E-state index < -0.39 is 10.0 Å². The van der Waals surface area contributed by atoms with Crippen LogP contribution in [0.2, 0.25) is 0 Å². The largest absolute Gasteiger partial charge is 0.468 e. The number of hydrogen-bond donors (Lipinski definition) is 1. The molecule has 3 aromatic rings. The predicted molar refractivity (Wildman–Crippen MR) is 122 cm³/mol. The fourth-order valence-corrected chi connectivity index (χ4v) is 5.26. The molecule has 0 saturated carbocycles. The minimum atomic E-state index is -3.61. The Bertz CT molecular complexity index is 1100. The van der Waals surface area contributed by atoms with Gasteiger partial charge in [0.05, 0.1) is 17.7 Å². The molecule has 1 N–H and O–H groups in total. The molecule has 0 atom stereocenters. The Morgan fingerprint density at radius 2 is 1.58 bits per heavy atom. The van der Waals surface area contributed by atoms with Crippen molar-refractivity contribution in [2.24, 2.45) is 0 Å². The summed E-state index contributed by atoms with van der Waals surface area (Å²) in [6.45, 7) is 9.44. The topological polar surface area (TPSA) is 65.8 Å². The third kappa shape index (κ3) is 5.55. The summed E-state index contributed by atoms with van der Waals surface area (Å²) in [7, 11) is -3.61. The lowest BCUT2D eigenvalue weighted by molar-refractivity contribution is 0.116. The molecule has 1 aliphatic heterocycles. The molecule has 0 aliphatic carbocycles. The van der Waals surface area contributed by atoms with Crippen LogP contribution in [0.3, 0.4) is 0 Å². The van der Waals surface area contributed by atoms with Crippen LogP contribution >= 0.6 is 0 Å². The molecule has 4 rings (SSSR count). The molecule has 1 aliphatic rings. The number of nitrogens with one attached hydrogen (secondary N) is 1. The van der Waals surface area contributed by atoms with Gasteiger partial charge in [-0.15, -0.1) is 0 Å². The van der Waals surface area contributed by atoms with Gasteiger partial charge in [-0.2, -0.15) is 0 Å². The van der Waals surface area contributed by atoms with Crippen LogP contribution < -0.4 is 4.72 Å². The molecule has 0 bridgehead atoms. The van der Waals surface area contributed by atoms with Gasteiger partial charge in [-0.25, -0.2) is 8.42 Å². The van der Waals surface area contributed by atoms with Gasteiger partial charge < -0.3 is 4.42 Å². The molecule has 2 aromatic carbocycles. The second-order valence-corrected chi connectivity index (χ2v) is 9.85. The molecule has 6 nitrogen and oxygen atoms in total. The highest BCUT2D eigenvalue weighted by Gasteiger charge is 2.19. The predicted octanol–water partition coefficient (Wildman–Crippen LogP) is 4.02. The molecule has 0 unspecified atom stereocenters. The van der Waals surface area contributed by atoms with Crippen LogP contribution in [0.1, 0.15) is 22.5 Å². The Morgan fingerprint density at radius 3 is 2.23 bits per heavy atom. The Morgan fingerprint density at radius 1 is 0.903 bits per heavy atom. The molecular weight excluding hydrogens is 410 g/mol. The summed E-state index contributed by atoms with van der Waals surface area (Å²) < 4.78 is 33.7. The minimum Gasteiger partial charge on any atom is -0.468 e. The van der Waals surface area contributed by atoms with Gasteiger partial charge in [-0.1, -0.05) is 24.3 Å². The molecule has 31 heavy (non-hydrogen) atoms. The van der Waals surface area contributed by atoms with Crippen molar-refractivity contribution in [2.45, 2.75) is 31.8 Å². The first kappa shape index (κ1) is 21.6. The average molecular weight is 440 g/mol. The average Bonchev–Trinajstić information content (AvgIpc) is 3.25. The SMILES string of the molecule is Cc1ccc(C)c(S(=O)(=O)Nc2ccc(CN3CCN(Cc4ccco4)CC3)cc2)c1.